The molecule has 0 radical (unpaired) electrons. The third-order valence-electron chi connectivity index (χ3n) is 4.94. The van der Waals surface area contributed by atoms with Crippen LogP contribution in [0.2, 0.25) is 0 Å². The summed E-state index contributed by atoms with van der Waals surface area (Å²) in [6.45, 7) is 4.61. The molecule has 4 amide bonds. The van der Waals surface area contributed by atoms with Crippen LogP contribution in [0, 0.1) is 19.7 Å². The molecule has 0 spiro atoms. The van der Waals surface area contributed by atoms with Crippen molar-refractivity contribution in [2.24, 2.45) is 5.73 Å². The van der Waals surface area contributed by atoms with Crippen LogP contribution in [0.15, 0.2) is 42.5 Å². The van der Waals surface area contributed by atoms with E-state index in [1.165, 1.54) is 34.1 Å². The Bertz CT molecular complexity index is 959. The van der Waals surface area contributed by atoms with Gasteiger partial charge in [-0.1, -0.05) is 6.07 Å². The summed E-state index contributed by atoms with van der Waals surface area (Å²) in [6, 6.07) is 10.2. The number of rotatable bonds is 5. The predicted octanol–water partition coefficient (Wildman–Crippen LogP) is 1.83. The molecule has 31 heavy (non-hydrogen) atoms. The molecule has 0 bridgehead atoms. The lowest BCUT2D eigenvalue weighted by Gasteiger charge is -2.29. The number of benzene rings is 2. The van der Waals surface area contributed by atoms with Crippen LogP contribution in [0.1, 0.15) is 21.5 Å². The molecule has 1 unspecified atom stereocenters. The normalized spacial score (nSPS) is 15.7. The van der Waals surface area contributed by atoms with Gasteiger partial charge in [0.05, 0.1) is 0 Å². The van der Waals surface area contributed by atoms with Crippen molar-refractivity contribution in [1.82, 2.24) is 15.1 Å². The molecule has 0 saturated carbocycles. The highest BCUT2D eigenvalue weighted by Crippen LogP contribution is 2.21. The molecule has 0 aliphatic carbocycles. The van der Waals surface area contributed by atoms with Gasteiger partial charge in [0.15, 0.2) is 6.17 Å². The van der Waals surface area contributed by atoms with Gasteiger partial charge in [-0.15, -0.1) is 0 Å². The second kappa shape index (κ2) is 9.57. The van der Waals surface area contributed by atoms with E-state index in [9.17, 15) is 18.8 Å². The maximum absolute atomic E-state index is 13.2. The van der Waals surface area contributed by atoms with Gasteiger partial charge >= 0.3 is 6.03 Å². The van der Waals surface area contributed by atoms with E-state index in [0.29, 0.717) is 5.69 Å². The zero-order valence-electron chi connectivity index (χ0n) is 17.5. The molecule has 1 aliphatic rings. The topological polar surface area (TPSA) is 108 Å². The minimum Gasteiger partial charge on any atom is -0.351 e. The number of nitrogens with one attached hydrogen (secondary N) is 2. The minimum atomic E-state index is -1.14. The third-order valence-corrected chi connectivity index (χ3v) is 4.94. The Morgan fingerprint density at radius 3 is 2.26 bits per heavy atom. The maximum atomic E-state index is 13.2. The molecule has 9 heteroatoms. The smallest absolute Gasteiger partial charge is 0.323 e. The van der Waals surface area contributed by atoms with E-state index in [-0.39, 0.29) is 31.7 Å². The average molecular weight is 427 g/mol. The molecule has 2 aromatic rings. The Morgan fingerprint density at radius 1 is 1.03 bits per heavy atom. The van der Waals surface area contributed by atoms with Crippen LogP contribution in [0.3, 0.4) is 0 Å². The van der Waals surface area contributed by atoms with Crippen molar-refractivity contribution in [3.63, 3.8) is 0 Å². The number of amides is 4. The van der Waals surface area contributed by atoms with Crippen LogP contribution in [0.5, 0.6) is 0 Å². The van der Waals surface area contributed by atoms with Crippen molar-refractivity contribution >= 4 is 23.5 Å². The van der Waals surface area contributed by atoms with Gasteiger partial charge in [-0.25, -0.2) is 9.18 Å². The van der Waals surface area contributed by atoms with Gasteiger partial charge in [0.2, 0.25) is 0 Å². The van der Waals surface area contributed by atoms with Gasteiger partial charge in [0.1, 0.15) is 5.82 Å². The number of urea groups is 1. The Hall–Kier alpha value is -3.46. The standard InChI is InChI=1S/C22H26FN5O3/c1-14-11-15(2)13-18(12-14)26-22(31)28-10-9-27(20(28)19(29)25-8-7-24)21(30)16-3-5-17(23)6-4-16/h3-6,11-13,20H,7-10,24H2,1-2H3,(H,25,29)(H,26,31). The number of aryl methyl sites for hydroxylation is 2. The summed E-state index contributed by atoms with van der Waals surface area (Å²) < 4.78 is 13.2. The molecule has 0 aromatic heterocycles. The molecule has 3 rings (SSSR count). The van der Waals surface area contributed by atoms with Crippen LogP contribution in [-0.4, -0.2) is 60.0 Å². The first-order valence-electron chi connectivity index (χ1n) is 10.0. The Labute approximate surface area is 180 Å². The Balaban J connectivity index is 1.84. The number of anilines is 1. The number of hydrogen-bond acceptors (Lipinski definition) is 4. The molecule has 4 N–H and O–H groups in total. The van der Waals surface area contributed by atoms with Gasteiger partial charge in [-0.05, 0) is 61.4 Å². The van der Waals surface area contributed by atoms with Crippen LogP contribution >= 0.6 is 0 Å². The van der Waals surface area contributed by atoms with Crippen molar-refractivity contribution < 1.29 is 18.8 Å². The van der Waals surface area contributed by atoms with E-state index in [4.69, 9.17) is 5.73 Å². The summed E-state index contributed by atoms with van der Waals surface area (Å²) in [4.78, 5) is 41.5. The van der Waals surface area contributed by atoms with Crippen LogP contribution in [0.25, 0.3) is 0 Å². The highest BCUT2D eigenvalue weighted by Gasteiger charge is 2.42. The minimum absolute atomic E-state index is 0.164. The third kappa shape index (κ3) is 5.18. The summed E-state index contributed by atoms with van der Waals surface area (Å²) in [5, 5.41) is 5.46. The van der Waals surface area contributed by atoms with Crippen molar-refractivity contribution in [2.45, 2.75) is 20.0 Å². The monoisotopic (exact) mass is 427 g/mol. The Morgan fingerprint density at radius 2 is 1.65 bits per heavy atom. The fraction of sp³-hybridized carbons (Fsp3) is 0.318. The van der Waals surface area contributed by atoms with Gasteiger partial charge in [-0.3, -0.25) is 14.5 Å². The van der Waals surface area contributed by atoms with Gasteiger partial charge in [0, 0.05) is 37.4 Å². The number of halogens is 1. The summed E-state index contributed by atoms with van der Waals surface area (Å²) in [5.41, 5.74) is 8.29. The molecular weight excluding hydrogens is 401 g/mol. The van der Waals surface area contributed by atoms with E-state index < -0.39 is 29.8 Å². The quantitative estimate of drug-likeness (QED) is 0.677. The molecule has 1 aliphatic heterocycles. The maximum Gasteiger partial charge on any atom is 0.323 e. The van der Waals surface area contributed by atoms with Crippen molar-refractivity contribution in [2.75, 3.05) is 31.5 Å². The van der Waals surface area contributed by atoms with E-state index in [0.717, 1.165) is 11.1 Å². The number of hydrogen-bond donors (Lipinski definition) is 3. The van der Waals surface area contributed by atoms with Gasteiger partial charge < -0.3 is 21.3 Å². The van der Waals surface area contributed by atoms with E-state index in [2.05, 4.69) is 10.6 Å². The summed E-state index contributed by atoms with van der Waals surface area (Å²) in [5.74, 6) is -1.44. The van der Waals surface area contributed by atoms with E-state index in [1.54, 1.807) is 0 Å². The molecule has 8 nitrogen and oxygen atoms in total. The Kier molecular flexibility index (Phi) is 6.86. The largest absolute Gasteiger partial charge is 0.351 e. The first kappa shape index (κ1) is 22.2. The van der Waals surface area contributed by atoms with E-state index >= 15 is 0 Å². The fourth-order valence-corrected chi connectivity index (χ4v) is 3.62. The molecule has 1 heterocycles. The lowest BCUT2D eigenvalue weighted by Crippen LogP contribution is -2.55. The van der Waals surface area contributed by atoms with Crippen LogP contribution < -0.4 is 16.4 Å². The highest BCUT2D eigenvalue weighted by atomic mass is 19.1. The summed E-state index contributed by atoms with van der Waals surface area (Å²) in [6.07, 6.45) is -1.14. The number of carbonyl (C=O) groups excluding carboxylic acids is 3. The second-order valence-corrected chi connectivity index (χ2v) is 7.46. The number of nitrogens with zero attached hydrogens (tertiary/aromatic N) is 2. The molecule has 1 saturated heterocycles. The molecule has 1 fully saturated rings. The van der Waals surface area contributed by atoms with Crippen LogP contribution in [0.4, 0.5) is 14.9 Å². The van der Waals surface area contributed by atoms with E-state index in [1.807, 2.05) is 32.0 Å². The van der Waals surface area contributed by atoms with Crippen molar-refractivity contribution in [3.05, 3.63) is 65.0 Å². The van der Waals surface area contributed by atoms with Crippen molar-refractivity contribution in [3.8, 4) is 0 Å². The van der Waals surface area contributed by atoms with Gasteiger partial charge in [0.25, 0.3) is 11.8 Å². The van der Waals surface area contributed by atoms with Crippen molar-refractivity contribution in [1.29, 1.82) is 0 Å². The zero-order chi connectivity index (χ0) is 22.5. The molecular formula is C22H26FN5O3. The summed E-state index contributed by atoms with van der Waals surface area (Å²) >= 11 is 0. The lowest BCUT2D eigenvalue weighted by molar-refractivity contribution is -0.127. The first-order chi connectivity index (χ1) is 14.8. The molecule has 2 aromatic carbocycles. The van der Waals surface area contributed by atoms with Crippen LogP contribution in [-0.2, 0) is 4.79 Å². The zero-order valence-corrected chi connectivity index (χ0v) is 17.5. The predicted molar refractivity (Wildman–Crippen MR) is 115 cm³/mol. The number of nitrogens with two attached hydrogens (primary N) is 1. The lowest BCUT2D eigenvalue weighted by atomic mass is 10.1. The fourth-order valence-electron chi connectivity index (χ4n) is 3.62. The number of carbonyl (C=O) groups is 3. The average Bonchev–Trinajstić information content (AvgIpc) is 3.16. The first-order valence-corrected chi connectivity index (χ1v) is 10.0. The highest BCUT2D eigenvalue weighted by molar-refractivity contribution is 6.00. The molecule has 1 atom stereocenters. The molecule has 164 valence electrons. The SMILES string of the molecule is Cc1cc(C)cc(NC(=O)N2CCN(C(=O)c3ccc(F)cc3)C2C(=O)NCCN)c1. The summed E-state index contributed by atoms with van der Waals surface area (Å²) in [7, 11) is 0. The van der Waals surface area contributed by atoms with Gasteiger partial charge in [-0.2, -0.15) is 0 Å². The second-order valence-electron chi connectivity index (χ2n) is 7.46.